The normalized spacial score (nSPS) is 14.6. The molecule has 0 unspecified atom stereocenters. The Labute approximate surface area is 187 Å². The van der Waals surface area contributed by atoms with E-state index in [1.165, 1.54) is 5.56 Å². The molecule has 1 aliphatic rings. The molecule has 0 spiro atoms. The fourth-order valence-corrected chi connectivity index (χ4v) is 4.46. The number of pyridine rings is 1. The van der Waals surface area contributed by atoms with Crippen LogP contribution in [0.15, 0.2) is 72.9 Å². The molecule has 1 saturated heterocycles. The summed E-state index contributed by atoms with van der Waals surface area (Å²) in [5, 5.41) is 1.06. The number of aryl methyl sites for hydroxylation is 1. The van der Waals surface area contributed by atoms with Crippen molar-refractivity contribution in [3.8, 4) is 16.9 Å². The molecule has 1 aromatic heterocycles. The summed E-state index contributed by atoms with van der Waals surface area (Å²) in [6.07, 6.45) is 3.94. The van der Waals surface area contributed by atoms with Crippen molar-refractivity contribution in [2.24, 2.45) is 0 Å². The van der Waals surface area contributed by atoms with Crippen LogP contribution in [0.5, 0.6) is 5.75 Å². The van der Waals surface area contributed by atoms with E-state index in [4.69, 9.17) is 14.5 Å². The van der Waals surface area contributed by atoms with Crippen LogP contribution in [0.2, 0.25) is 0 Å². The fourth-order valence-electron chi connectivity index (χ4n) is 4.46. The lowest BCUT2D eigenvalue weighted by Crippen LogP contribution is -2.15. The third kappa shape index (κ3) is 4.23. The maximum Gasteiger partial charge on any atom is 0.126 e. The Morgan fingerprint density at radius 1 is 1.00 bits per heavy atom. The number of rotatable bonds is 5. The number of hydrogen-bond acceptors (Lipinski definition) is 3. The number of nitrogens with zero attached hydrogens (tertiary/aromatic N) is 1. The molecule has 5 rings (SSSR count). The van der Waals surface area contributed by atoms with Crippen molar-refractivity contribution < 1.29 is 13.9 Å². The average molecular weight is 428 g/mol. The van der Waals surface area contributed by atoms with Crippen molar-refractivity contribution in [1.82, 2.24) is 4.98 Å². The molecular weight excluding hydrogens is 401 g/mol. The molecule has 3 aromatic carbocycles. The van der Waals surface area contributed by atoms with E-state index in [1.54, 1.807) is 6.07 Å². The maximum atomic E-state index is 14.0. The van der Waals surface area contributed by atoms with Crippen LogP contribution in [0.3, 0.4) is 0 Å². The second-order valence-electron chi connectivity index (χ2n) is 8.39. The van der Waals surface area contributed by atoms with E-state index in [0.29, 0.717) is 18.1 Å². The quantitative estimate of drug-likeness (QED) is 0.350. The Kier molecular flexibility index (Phi) is 5.87. The van der Waals surface area contributed by atoms with Gasteiger partial charge >= 0.3 is 0 Å². The zero-order chi connectivity index (χ0) is 21.9. The summed E-state index contributed by atoms with van der Waals surface area (Å²) in [6, 6.07) is 21.6. The Balaban J connectivity index is 1.56. The lowest BCUT2D eigenvalue weighted by Gasteiger charge is -2.25. The molecule has 1 fully saturated rings. The largest absolute Gasteiger partial charge is 0.489 e. The first kappa shape index (κ1) is 20.7. The monoisotopic (exact) mass is 427 g/mol. The summed E-state index contributed by atoms with van der Waals surface area (Å²) in [5.74, 6) is 0.986. The van der Waals surface area contributed by atoms with Crippen molar-refractivity contribution in [3.63, 3.8) is 0 Å². The highest BCUT2D eigenvalue weighted by atomic mass is 19.1. The molecule has 1 aliphatic heterocycles. The van der Waals surface area contributed by atoms with E-state index in [0.717, 1.165) is 59.4 Å². The summed E-state index contributed by atoms with van der Waals surface area (Å²) in [7, 11) is 0. The highest BCUT2D eigenvalue weighted by Crippen LogP contribution is 2.39. The summed E-state index contributed by atoms with van der Waals surface area (Å²) >= 11 is 0. The minimum atomic E-state index is -0.184. The summed E-state index contributed by atoms with van der Waals surface area (Å²) in [5.41, 5.74) is 6.02. The number of halogens is 1. The Morgan fingerprint density at radius 3 is 2.59 bits per heavy atom. The number of benzene rings is 3. The van der Waals surface area contributed by atoms with E-state index >= 15 is 0 Å². The van der Waals surface area contributed by atoms with Gasteiger partial charge in [0.15, 0.2) is 0 Å². The first-order valence-corrected chi connectivity index (χ1v) is 11.1. The summed E-state index contributed by atoms with van der Waals surface area (Å²) in [6.45, 7) is 3.84. The fraction of sp³-hybridized carbons (Fsp3) is 0.250. The third-order valence-corrected chi connectivity index (χ3v) is 6.23. The first-order chi connectivity index (χ1) is 15.7. The van der Waals surface area contributed by atoms with Crippen LogP contribution in [0.1, 0.15) is 35.4 Å². The molecule has 0 bridgehead atoms. The molecule has 2 heterocycles. The van der Waals surface area contributed by atoms with Gasteiger partial charge in [-0.25, -0.2) is 4.39 Å². The van der Waals surface area contributed by atoms with Crippen LogP contribution in [-0.2, 0) is 11.3 Å². The van der Waals surface area contributed by atoms with Gasteiger partial charge in [0.2, 0.25) is 0 Å². The minimum absolute atomic E-state index is 0.184. The first-order valence-electron chi connectivity index (χ1n) is 11.1. The molecule has 32 heavy (non-hydrogen) atoms. The van der Waals surface area contributed by atoms with Crippen molar-refractivity contribution >= 4 is 10.9 Å². The van der Waals surface area contributed by atoms with E-state index < -0.39 is 0 Å². The van der Waals surface area contributed by atoms with Crippen LogP contribution < -0.4 is 4.74 Å². The zero-order valence-corrected chi connectivity index (χ0v) is 18.2. The lowest BCUT2D eigenvalue weighted by atomic mass is 9.85. The number of fused-ring (bicyclic) bond motifs is 1. The SMILES string of the molecule is Cc1cc(-c2c(C3CCOCC3)cnc3cc(OCc4ccccc4)ccc23)ccc1F. The molecule has 162 valence electrons. The predicted molar refractivity (Wildman–Crippen MR) is 125 cm³/mol. The van der Waals surface area contributed by atoms with Crippen LogP contribution in [0, 0.1) is 12.7 Å². The molecule has 0 amide bonds. The molecule has 0 N–H and O–H groups in total. The van der Waals surface area contributed by atoms with Crippen LogP contribution >= 0.6 is 0 Å². The van der Waals surface area contributed by atoms with Crippen LogP contribution in [0.4, 0.5) is 4.39 Å². The number of hydrogen-bond donors (Lipinski definition) is 0. The van der Waals surface area contributed by atoms with Gasteiger partial charge in [0.1, 0.15) is 18.2 Å². The topological polar surface area (TPSA) is 31.4 Å². The van der Waals surface area contributed by atoms with E-state index in [2.05, 4.69) is 18.2 Å². The van der Waals surface area contributed by atoms with Gasteiger partial charge in [0, 0.05) is 30.9 Å². The van der Waals surface area contributed by atoms with Crippen molar-refractivity contribution in [2.45, 2.75) is 32.3 Å². The Morgan fingerprint density at radius 2 is 1.81 bits per heavy atom. The van der Waals surface area contributed by atoms with Gasteiger partial charge in [-0.15, -0.1) is 0 Å². The second kappa shape index (κ2) is 9.09. The lowest BCUT2D eigenvalue weighted by molar-refractivity contribution is 0.0854. The van der Waals surface area contributed by atoms with Crippen LogP contribution in [0.25, 0.3) is 22.0 Å². The maximum absolute atomic E-state index is 14.0. The Hall–Kier alpha value is -3.24. The number of ether oxygens (including phenoxy) is 2. The van der Waals surface area contributed by atoms with Gasteiger partial charge < -0.3 is 9.47 Å². The van der Waals surface area contributed by atoms with Gasteiger partial charge in [-0.1, -0.05) is 36.4 Å². The van der Waals surface area contributed by atoms with Crippen molar-refractivity contribution in [2.75, 3.05) is 13.2 Å². The van der Waals surface area contributed by atoms with Crippen molar-refractivity contribution in [1.29, 1.82) is 0 Å². The highest BCUT2D eigenvalue weighted by molar-refractivity contribution is 5.97. The summed E-state index contributed by atoms with van der Waals surface area (Å²) < 4.78 is 25.6. The Bertz CT molecular complexity index is 1230. The number of aromatic nitrogens is 1. The molecule has 0 saturated carbocycles. The smallest absolute Gasteiger partial charge is 0.126 e. The van der Waals surface area contributed by atoms with Gasteiger partial charge in [0.25, 0.3) is 0 Å². The van der Waals surface area contributed by atoms with E-state index in [-0.39, 0.29) is 5.82 Å². The van der Waals surface area contributed by atoms with Crippen LogP contribution in [-0.4, -0.2) is 18.2 Å². The summed E-state index contributed by atoms with van der Waals surface area (Å²) in [4.78, 5) is 4.80. The minimum Gasteiger partial charge on any atom is -0.489 e. The predicted octanol–water partition coefficient (Wildman–Crippen LogP) is 6.82. The van der Waals surface area contributed by atoms with Crippen molar-refractivity contribution in [3.05, 3.63) is 95.4 Å². The molecule has 3 nitrogen and oxygen atoms in total. The van der Waals surface area contributed by atoms with Gasteiger partial charge in [-0.05, 0) is 77.8 Å². The van der Waals surface area contributed by atoms with Gasteiger partial charge in [0.05, 0.1) is 5.52 Å². The molecular formula is C28H26FNO2. The standard InChI is InChI=1S/C28H26FNO2/c1-19-15-22(7-10-26(19)29)28-24-9-8-23(32-18-20-5-3-2-4-6-20)16-27(24)30-17-25(28)21-11-13-31-14-12-21/h2-10,15-17,21H,11-14,18H2,1H3. The zero-order valence-electron chi connectivity index (χ0n) is 18.2. The third-order valence-electron chi connectivity index (χ3n) is 6.23. The molecule has 4 aromatic rings. The molecule has 0 radical (unpaired) electrons. The van der Waals surface area contributed by atoms with Gasteiger partial charge in [-0.2, -0.15) is 0 Å². The van der Waals surface area contributed by atoms with E-state index in [9.17, 15) is 4.39 Å². The van der Waals surface area contributed by atoms with E-state index in [1.807, 2.05) is 55.6 Å². The average Bonchev–Trinajstić information content (AvgIpc) is 2.85. The molecule has 4 heteroatoms. The molecule has 0 aliphatic carbocycles. The van der Waals surface area contributed by atoms with Gasteiger partial charge in [-0.3, -0.25) is 4.98 Å². The molecule has 0 atom stereocenters. The highest BCUT2D eigenvalue weighted by Gasteiger charge is 2.22. The second-order valence-corrected chi connectivity index (χ2v) is 8.39.